The van der Waals surface area contributed by atoms with Crippen molar-refractivity contribution >= 4 is 0 Å². The van der Waals surface area contributed by atoms with Crippen molar-refractivity contribution in [3.8, 4) is 0 Å². The highest BCUT2D eigenvalue weighted by molar-refractivity contribution is 5.39. The molecule has 3 unspecified atom stereocenters. The van der Waals surface area contributed by atoms with Crippen LogP contribution in [-0.2, 0) is 0 Å². The largest absolute Gasteiger partial charge is 0.304 e. The smallest absolute Gasteiger partial charge is 0.0110 e. The molecule has 5 rings (SSSR count). The van der Waals surface area contributed by atoms with Crippen molar-refractivity contribution in [2.75, 3.05) is 39.8 Å². The Labute approximate surface area is 122 Å². The molecule has 0 amide bonds. The lowest BCUT2D eigenvalue weighted by molar-refractivity contribution is 0.109. The molecule has 2 heteroatoms. The number of fused-ring (bicyclic) bond motifs is 2. The van der Waals surface area contributed by atoms with Crippen molar-refractivity contribution in [1.29, 1.82) is 0 Å². The summed E-state index contributed by atoms with van der Waals surface area (Å²) in [5.41, 5.74) is 3.37. The Bertz CT molecular complexity index is 476. The highest BCUT2D eigenvalue weighted by Crippen LogP contribution is 2.52. The lowest BCUT2D eigenvalue weighted by Crippen LogP contribution is -2.47. The molecule has 3 atom stereocenters. The van der Waals surface area contributed by atoms with E-state index >= 15 is 0 Å². The minimum Gasteiger partial charge on any atom is -0.304 e. The third kappa shape index (κ3) is 2.19. The summed E-state index contributed by atoms with van der Waals surface area (Å²) < 4.78 is 0. The molecule has 1 aromatic carbocycles. The van der Waals surface area contributed by atoms with Gasteiger partial charge in [0, 0.05) is 32.7 Å². The molecule has 1 heterocycles. The summed E-state index contributed by atoms with van der Waals surface area (Å²) in [5.74, 6) is 2.61. The monoisotopic (exact) mass is 270 g/mol. The summed E-state index contributed by atoms with van der Waals surface area (Å²) >= 11 is 0. The molecule has 0 spiro atoms. The Morgan fingerprint density at radius 2 is 1.75 bits per heavy atom. The summed E-state index contributed by atoms with van der Waals surface area (Å²) in [6.45, 7) is 6.37. The Kier molecular flexibility index (Phi) is 3.31. The SMILES string of the molecule is CN1CCN(CC2CC3CCC2c2ccccc23)CC1. The molecular weight excluding hydrogens is 244 g/mol. The van der Waals surface area contributed by atoms with Crippen molar-refractivity contribution in [1.82, 2.24) is 9.80 Å². The maximum absolute atomic E-state index is 2.72. The van der Waals surface area contributed by atoms with Gasteiger partial charge in [-0.1, -0.05) is 24.3 Å². The molecular formula is C18H26N2. The second-order valence-corrected chi connectivity index (χ2v) is 7.11. The first-order valence-electron chi connectivity index (χ1n) is 8.31. The fourth-order valence-corrected chi connectivity index (χ4v) is 4.74. The zero-order chi connectivity index (χ0) is 13.5. The van der Waals surface area contributed by atoms with Crippen molar-refractivity contribution in [3.05, 3.63) is 35.4 Å². The Hall–Kier alpha value is -0.860. The minimum atomic E-state index is 0.843. The third-order valence-electron chi connectivity index (χ3n) is 5.91. The van der Waals surface area contributed by atoms with Gasteiger partial charge in [-0.15, -0.1) is 0 Å². The Morgan fingerprint density at radius 3 is 2.55 bits per heavy atom. The second kappa shape index (κ2) is 5.16. The fourth-order valence-electron chi connectivity index (χ4n) is 4.74. The number of rotatable bonds is 2. The molecule has 0 N–H and O–H groups in total. The summed E-state index contributed by atoms with van der Waals surface area (Å²) in [7, 11) is 2.25. The van der Waals surface area contributed by atoms with Crippen LogP contribution < -0.4 is 0 Å². The van der Waals surface area contributed by atoms with E-state index in [4.69, 9.17) is 0 Å². The number of likely N-dealkylation sites (N-methyl/N-ethyl adjacent to an activating group) is 1. The van der Waals surface area contributed by atoms with Gasteiger partial charge in [0.15, 0.2) is 0 Å². The van der Waals surface area contributed by atoms with E-state index in [0.717, 1.165) is 17.8 Å². The first-order chi connectivity index (χ1) is 9.81. The van der Waals surface area contributed by atoms with Crippen LogP contribution in [0.1, 0.15) is 42.2 Å². The predicted octanol–water partition coefficient (Wildman–Crippen LogP) is 2.91. The van der Waals surface area contributed by atoms with Crippen LogP contribution >= 0.6 is 0 Å². The number of hydrogen-bond acceptors (Lipinski definition) is 2. The number of piperazine rings is 1. The van der Waals surface area contributed by atoms with Crippen molar-refractivity contribution in [2.24, 2.45) is 5.92 Å². The van der Waals surface area contributed by atoms with Crippen LogP contribution in [-0.4, -0.2) is 49.6 Å². The predicted molar refractivity (Wildman–Crippen MR) is 83.2 cm³/mol. The van der Waals surface area contributed by atoms with E-state index in [1.165, 1.54) is 52.0 Å². The molecule has 0 aromatic heterocycles. The topological polar surface area (TPSA) is 6.48 Å². The number of nitrogens with zero attached hydrogens (tertiary/aromatic N) is 2. The molecule has 1 aromatic rings. The minimum absolute atomic E-state index is 0.843. The van der Waals surface area contributed by atoms with Gasteiger partial charge < -0.3 is 9.80 Å². The molecule has 0 radical (unpaired) electrons. The van der Waals surface area contributed by atoms with Crippen LogP contribution in [0, 0.1) is 5.92 Å². The maximum Gasteiger partial charge on any atom is 0.0110 e. The van der Waals surface area contributed by atoms with Gasteiger partial charge in [0.2, 0.25) is 0 Å². The average molecular weight is 270 g/mol. The van der Waals surface area contributed by atoms with Gasteiger partial charge >= 0.3 is 0 Å². The van der Waals surface area contributed by atoms with Crippen molar-refractivity contribution in [2.45, 2.75) is 31.1 Å². The molecule has 20 heavy (non-hydrogen) atoms. The van der Waals surface area contributed by atoms with Crippen LogP contribution in [0.2, 0.25) is 0 Å². The van der Waals surface area contributed by atoms with E-state index in [-0.39, 0.29) is 0 Å². The van der Waals surface area contributed by atoms with E-state index in [1.807, 2.05) is 0 Å². The molecule has 1 saturated carbocycles. The van der Waals surface area contributed by atoms with E-state index in [9.17, 15) is 0 Å². The normalized spacial score (nSPS) is 34.1. The molecule has 2 fully saturated rings. The average Bonchev–Trinajstić information content (AvgIpc) is 2.51. The van der Waals surface area contributed by atoms with Gasteiger partial charge in [0.05, 0.1) is 0 Å². The lowest BCUT2D eigenvalue weighted by Gasteiger charge is -2.46. The van der Waals surface area contributed by atoms with Crippen LogP contribution in [0.3, 0.4) is 0 Å². The number of hydrogen-bond donors (Lipinski definition) is 0. The van der Waals surface area contributed by atoms with Gasteiger partial charge in [-0.25, -0.2) is 0 Å². The molecule has 1 saturated heterocycles. The fraction of sp³-hybridized carbons (Fsp3) is 0.667. The van der Waals surface area contributed by atoms with Crippen LogP contribution in [0.25, 0.3) is 0 Å². The van der Waals surface area contributed by atoms with E-state index in [1.54, 1.807) is 11.1 Å². The lowest BCUT2D eigenvalue weighted by atomic mass is 9.61. The summed E-state index contributed by atoms with van der Waals surface area (Å²) in [4.78, 5) is 5.17. The molecule has 108 valence electrons. The first-order valence-corrected chi connectivity index (χ1v) is 8.31. The van der Waals surface area contributed by atoms with Gasteiger partial charge in [-0.2, -0.15) is 0 Å². The quantitative estimate of drug-likeness (QED) is 0.815. The highest BCUT2D eigenvalue weighted by Gasteiger charge is 2.39. The van der Waals surface area contributed by atoms with Crippen molar-refractivity contribution in [3.63, 3.8) is 0 Å². The number of benzene rings is 1. The summed E-state index contributed by atoms with van der Waals surface area (Å²) in [6.07, 6.45) is 4.30. The zero-order valence-corrected chi connectivity index (χ0v) is 12.6. The van der Waals surface area contributed by atoms with Crippen LogP contribution in [0.5, 0.6) is 0 Å². The molecule has 1 aliphatic heterocycles. The van der Waals surface area contributed by atoms with Crippen LogP contribution in [0.15, 0.2) is 24.3 Å². The van der Waals surface area contributed by atoms with Crippen LogP contribution in [0.4, 0.5) is 0 Å². The van der Waals surface area contributed by atoms with E-state index in [0.29, 0.717) is 0 Å². The highest BCUT2D eigenvalue weighted by atomic mass is 15.2. The first kappa shape index (κ1) is 12.8. The van der Waals surface area contributed by atoms with Gasteiger partial charge in [-0.3, -0.25) is 0 Å². The second-order valence-electron chi connectivity index (χ2n) is 7.11. The van der Waals surface area contributed by atoms with Gasteiger partial charge in [0.25, 0.3) is 0 Å². The molecule has 3 aliphatic carbocycles. The van der Waals surface area contributed by atoms with Crippen molar-refractivity contribution < 1.29 is 0 Å². The molecule has 2 nitrogen and oxygen atoms in total. The molecule has 4 aliphatic rings. The summed E-state index contributed by atoms with van der Waals surface area (Å²) in [6, 6.07) is 9.27. The zero-order valence-electron chi connectivity index (χ0n) is 12.6. The standard InChI is InChI=1S/C18H26N2/c1-19-8-10-20(11-9-19)13-15-12-14-6-7-17(15)18-5-3-2-4-16(14)18/h2-5,14-15,17H,6-13H2,1H3. The Morgan fingerprint density at radius 1 is 1.00 bits per heavy atom. The van der Waals surface area contributed by atoms with Gasteiger partial charge in [-0.05, 0) is 55.2 Å². The van der Waals surface area contributed by atoms with E-state index in [2.05, 4.69) is 41.1 Å². The third-order valence-corrected chi connectivity index (χ3v) is 5.91. The van der Waals surface area contributed by atoms with Gasteiger partial charge in [0.1, 0.15) is 0 Å². The maximum atomic E-state index is 2.72. The Balaban J connectivity index is 1.49. The summed E-state index contributed by atoms with van der Waals surface area (Å²) in [5, 5.41) is 0. The van der Waals surface area contributed by atoms with E-state index < -0.39 is 0 Å². The molecule has 2 bridgehead atoms.